The molecule has 1 heterocycles. The van der Waals surface area contributed by atoms with Crippen molar-refractivity contribution in [1.82, 2.24) is 10.3 Å². The summed E-state index contributed by atoms with van der Waals surface area (Å²) < 4.78 is 0. The standard InChI is InChI=1S/C18H18N4O2/c1-12(2)11-21-17(23)14-7-8-20-16(9-14)18(24)22-15-5-3-13(10-19)4-6-15/h3-9,12H,11H2,1-2H3,(H,21,23)(H,22,24). The van der Waals surface area contributed by atoms with E-state index in [1.54, 1.807) is 30.3 Å². The van der Waals surface area contributed by atoms with Crippen LogP contribution in [0.15, 0.2) is 42.6 Å². The molecule has 0 atom stereocenters. The minimum atomic E-state index is -0.418. The molecule has 1 aromatic carbocycles. The maximum Gasteiger partial charge on any atom is 0.274 e. The van der Waals surface area contributed by atoms with Crippen LogP contribution in [0.2, 0.25) is 0 Å². The zero-order chi connectivity index (χ0) is 17.5. The predicted octanol–water partition coefficient (Wildman–Crippen LogP) is 2.59. The van der Waals surface area contributed by atoms with Gasteiger partial charge in [0.1, 0.15) is 5.69 Å². The van der Waals surface area contributed by atoms with E-state index in [1.807, 2.05) is 19.9 Å². The molecule has 2 N–H and O–H groups in total. The van der Waals surface area contributed by atoms with Crippen LogP contribution in [0.1, 0.15) is 40.3 Å². The van der Waals surface area contributed by atoms with Gasteiger partial charge in [-0.2, -0.15) is 5.26 Å². The van der Waals surface area contributed by atoms with Crippen molar-refractivity contribution in [1.29, 1.82) is 5.26 Å². The second-order valence-corrected chi connectivity index (χ2v) is 5.68. The number of benzene rings is 1. The summed E-state index contributed by atoms with van der Waals surface area (Å²) in [5, 5.41) is 14.2. The van der Waals surface area contributed by atoms with Crippen molar-refractivity contribution in [3.8, 4) is 6.07 Å². The number of carbonyl (C=O) groups excluding carboxylic acids is 2. The van der Waals surface area contributed by atoms with Crippen LogP contribution in [0, 0.1) is 17.2 Å². The largest absolute Gasteiger partial charge is 0.352 e. The van der Waals surface area contributed by atoms with Gasteiger partial charge in [-0.15, -0.1) is 0 Å². The average molecular weight is 322 g/mol. The molecule has 0 saturated carbocycles. The van der Waals surface area contributed by atoms with Crippen LogP contribution < -0.4 is 10.6 Å². The molecular weight excluding hydrogens is 304 g/mol. The van der Waals surface area contributed by atoms with Crippen LogP contribution in [-0.2, 0) is 0 Å². The summed E-state index contributed by atoms with van der Waals surface area (Å²) in [6.07, 6.45) is 1.43. The molecule has 0 aliphatic heterocycles. The monoisotopic (exact) mass is 322 g/mol. The molecule has 122 valence electrons. The van der Waals surface area contributed by atoms with Gasteiger partial charge in [-0.1, -0.05) is 13.8 Å². The van der Waals surface area contributed by atoms with Gasteiger partial charge >= 0.3 is 0 Å². The molecular formula is C18H18N4O2. The van der Waals surface area contributed by atoms with Gasteiger partial charge in [0.2, 0.25) is 0 Å². The van der Waals surface area contributed by atoms with E-state index in [0.717, 1.165) is 0 Å². The number of pyridine rings is 1. The summed E-state index contributed by atoms with van der Waals surface area (Å²) in [7, 11) is 0. The van der Waals surface area contributed by atoms with Gasteiger partial charge in [-0.25, -0.2) is 0 Å². The van der Waals surface area contributed by atoms with E-state index >= 15 is 0 Å². The molecule has 2 aromatic rings. The number of nitrogens with one attached hydrogen (secondary N) is 2. The Bertz CT molecular complexity index is 776. The summed E-state index contributed by atoms with van der Waals surface area (Å²) in [5.74, 6) is -0.313. The molecule has 0 unspecified atom stereocenters. The Hall–Kier alpha value is -3.20. The Labute approximate surface area is 140 Å². The summed E-state index contributed by atoms with van der Waals surface area (Å²) in [6.45, 7) is 4.57. The SMILES string of the molecule is CC(C)CNC(=O)c1ccnc(C(=O)Nc2ccc(C#N)cc2)c1. The van der Waals surface area contributed by atoms with E-state index in [-0.39, 0.29) is 11.6 Å². The fraction of sp³-hybridized carbons (Fsp3) is 0.222. The first-order chi connectivity index (χ1) is 11.5. The van der Waals surface area contributed by atoms with Crippen molar-refractivity contribution in [2.75, 3.05) is 11.9 Å². The molecule has 24 heavy (non-hydrogen) atoms. The Morgan fingerprint density at radius 2 is 1.88 bits per heavy atom. The average Bonchev–Trinajstić information content (AvgIpc) is 2.60. The lowest BCUT2D eigenvalue weighted by Crippen LogP contribution is -2.27. The first kappa shape index (κ1) is 17.2. The maximum atomic E-state index is 12.2. The molecule has 0 saturated heterocycles. The molecule has 0 bridgehead atoms. The summed E-state index contributed by atoms with van der Waals surface area (Å²) in [6, 6.07) is 11.5. The Kier molecular flexibility index (Phi) is 5.63. The van der Waals surface area contributed by atoms with Gasteiger partial charge in [0.25, 0.3) is 11.8 Å². The highest BCUT2D eigenvalue weighted by molar-refractivity contribution is 6.04. The van der Waals surface area contributed by atoms with Gasteiger partial charge in [-0.05, 0) is 42.3 Å². The molecule has 0 aliphatic carbocycles. The lowest BCUT2D eigenvalue weighted by atomic mass is 10.1. The Morgan fingerprint density at radius 1 is 1.17 bits per heavy atom. The van der Waals surface area contributed by atoms with E-state index in [2.05, 4.69) is 15.6 Å². The molecule has 6 heteroatoms. The number of aromatic nitrogens is 1. The van der Waals surface area contributed by atoms with Gasteiger partial charge in [-0.3, -0.25) is 14.6 Å². The maximum absolute atomic E-state index is 12.2. The fourth-order valence-corrected chi connectivity index (χ4v) is 1.92. The van der Waals surface area contributed by atoms with Crippen LogP contribution >= 0.6 is 0 Å². The second-order valence-electron chi connectivity index (χ2n) is 5.68. The number of anilines is 1. The van der Waals surface area contributed by atoms with Crippen molar-refractivity contribution in [3.63, 3.8) is 0 Å². The zero-order valence-electron chi connectivity index (χ0n) is 13.5. The topological polar surface area (TPSA) is 94.9 Å². The van der Waals surface area contributed by atoms with Crippen LogP contribution in [0.5, 0.6) is 0 Å². The van der Waals surface area contributed by atoms with Crippen LogP contribution in [0.4, 0.5) is 5.69 Å². The minimum absolute atomic E-state index is 0.150. The summed E-state index contributed by atoms with van der Waals surface area (Å²) in [4.78, 5) is 28.3. The third-order valence-electron chi connectivity index (χ3n) is 3.20. The number of nitrogens with zero attached hydrogens (tertiary/aromatic N) is 2. The second kappa shape index (κ2) is 7.88. The van der Waals surface area contributed by atoms with Crippen molar-refractivity contribution < 1.29 is 9.59 Å². The highest BCUT2D eigenvalue weighted by atomic mass is 16.2. The predicted molar refractivity (Wildman–Crippen MR) is 90.5 cm³/mol. The van der Waals surface area contributed by atoms with E-state index in [9.17, 15) is 9.59 Å². The van der Waals surface area contributed by atoms with Gasteiger partial charge < -0.3 is 10.6 Å². The first-order valence-electron chi connectivity index (χ1n) is 7.55. The number of hydrogen-bond donors (Lipinski definition) is 2. The number of rotatable bonds is 5. The normalized spacial score (nSPS) is 10.1. The van der Waals surface area contributed by atoms with Crippen LogP contribution in [-0.4, -0.2) is 23.3 Å². The molecule has 6 nitrogen and oxygen atoms in total. The van der Waals surface area contributed by atoms with E-state index in [0.29, 0.717) is 29.3 Å². The van der Waals surface area contributed by atoms with Crippen molar-refractivity contribution in [3.05, 3.63) is 59.4 Å². The number of carbonyl (C=O) groups is 2. The zero-order valence-corrected chi connectivity index (χ0v) is 13.5. The van der Waals surface area contributed by atoms with Gasteiger partial charge in [0.15, 0.2) is 0 Å². The van der Waals surface area contributed by atoms with Crippen molar-refractivity contribution >= 4 is 17.5 Å². The van der Waals surface area contributed by atoms with E-state index in [1.165, 1.54) is 12.3 Å². The summed E-state index contributed by atoms with van der Waals surface area (Å²) in [5.41, 5.74) is 1.59. The van der Waals surface area contributed by atoms with Crippen LogP contribution in [0.25, 0.3) is 0 Å². The number of hydrogen-bond acceptors (Lipinski definition) is 4. The van der Waals surface area contributed by atoms with Crippen LogP contribution in [0.3, 0.4) is 0 Å². The minimum Gasteiger partial charge on any atom is -0.352 e. The number of nitriles is 1. The van der Waals surface area contributed by atoms with Gasteiger partial charge in [0, 0.05) is 24.0 Å². The first-order valence-corrected chi connectivity index (χ1v) is 7.55. The van der Waals surface area contributed by atoms with Crippen molar-refractivity contribution in [2.24, 2.45) is 5.92 Å². The molecule has 0 aliphatic rings. The van der Waals surface area contributed by atoms with Gasteiger partial charge in [0.05, 0.1) is 11.6 Å². The lowest BCUT2D eigenvalue weighted by Gasteiger charge is -2.09. The number of amides is 2. The Morgan fingerprint density at radius 3 is 2.50 bits per heavy atom. The third kappa shape index (κ3) is 4.65. The smallest absolute Gasteiger partial charge is 0.274 e. The third-order valence-corrected chi connectivity index (χ3v) is 3.20. The fourth-order valence-electron chi connectivity index (χ4n) is 1.92. The Balaban J connectivity index is 2.08. The molecule has 0 fully saturated rings. The highest BCUT2D eigenvalue weighted by Crippen LogP contribution is 2.11. The molecule has 2 rings (SSSR count). The van der Waals surface area contributed by atoms with Crippen molar-refractivity contribution in [2.45, 2.75) is 13.8 Å². The van der Waals surface area contributed by atoms with E-state index < -0.39 is 5.91 Å². The highest BCUT2D eigenvalue weighted by Gasteiger charge is 2.12. The van der Waals surface area contributed by atoms with E-state index in [4.69, 9.17) is 5.26 Å². The quantitative estimate of drug-likeness (QED) is 0.884. The molecule has 1 aromatic heterocycles. The lowest BCUT2D eigenvalue weighted by molar-refractivity contribution is 0.0949. The summed E-state index contributed by atoms with van der Waals surface area (Å²) >= 11 is 0. The molecule has 2 amide bonds. The molecule has 0 spiro atoms. The molecule has 0 radical (unpaired) electrons.